The first-order valence-electron chi connectivity index (χ1n) is 12.1. The summed E-state index contributed by atoms with van der Waals surface area (Å²) in [5.41, 5.74) is 8.94. The molecule has 3 amide bonds. The molecule has 1 spiro atoms. The summed E-state index contributed by atoms with van der Waals surface area (Å²) in [4.78, 5) is 32.5. The van der Waals surface area contributed by atoms with Gasteiger partial charge in [-0.2, -0.15) is 0 Å². The Labute approximate surface area is 193 Å². The molecule has 0 bridgehead atoms. The molecule has 1 aromatic carbocycles. The quantitative estimate of drug-likeness (QED) is 0.734. The van der Waals surface area contributed by atoms with Gasteiger partial charge in [-0.25, -0.2) is 9.78 Å². The molecular weight excluding hydrogens is 418 g/mol. The number of nitrogens with zero attached hydrogens (tertiary/aromatic N) is 4. The molecule has 4 heterocycles. The van der Waals surface area contributed by atoms with E-state index in [0.717, 1.165) is 37.8 Å². The van der Waals surface area contributed by atoms with Crippen molar-refractivity contribution in [3.63, 3.8) is 0 Å². The number of amides is 3. The maximum absolute atomic E-state index is 13.1. The van der Waals surface area contributed by atoms with Crippen molar-refractivity contribution < 1.29 is 14.7 Å². The van der Waals surface area contributed by atoms with E-state index in [0.29, 0.717) is 26.2 Å². The molecule has 2 aromatic rings. The average molecular weight is 450 g/mol. The van der Waals surface area contributed by atoms with E-state index in [1.54, 1.807) is 4.90 Å². The lowest BCUT2D eigenvalue weighted by molar-refractivity contribution is -0.166. The molecule has 8 heteroatoms. The minimum atomic E-state index is -0.441. The van der Waals surface area contributed by atoms with Crippen LogP contribution in [0.3, 0.4) is 0 Å². The van der Waals surface area contributed by atoms with Gasteiger partial charge in [-0.1, -0.05) is 24.3 Å². The number of hydrogen-bond donors (Lipinski definition) is 2. The van der Waals surface area contributed by atoms with Crippen molar-refractivity contribution in [1.82, 2.24) is 19.4 Å². The van der Waals surface area contributed by atoms with E-state index in [1.165, 1.54) is 11.1 Å². The molecule has 1 aliphatic carbocycles. The number of nitrogens with two attached hydrogens (primary N) is 1. The highest BCUT2D eigenvalue weighted by atomic mass is 16.3. The predicted octanol–water partition coefficient (Wildman–Crippen LogP) is 2.23. The molecular formula is C25H31N5O3. The molecule has 6 rings (SSSR count). The highest BCUT2D eigenvalue weighted by Crippen LogP contribution is 2.59. The van der Waals surface area contributed by atoms with Crippen LogP contribution in [0.2, 0.25) is 0 Å². The lowest BCUT2D eigenvalue weighted by atomic mass is 9.53. The molecule has 4 aliphatic rings. The SMILES string of the molecule is NC(=O)N1CCCC(C(=O)N2CCC3(CC2)C[C@@H](C2c4ccccc4-c4cncn42)[C@H]3O)C1. The van der Waals surface area contributed by atoms with E-state index >= 15 is 0 Å². The first kappa shape index (κ1) is 20.7. The number of primary amides is 1. The fraction of sp³-hybridized carbons (Fsp3) is 0.560. The standard InChI is InChI=1S/C25H31N5O3/c26-24(33)29-9-3-4-16(14-29)23(32)28-10-7-25(8-11-28)12-19(22(25)31)21-18-6-2-1-5-17(18)20-13-27-15-30(20)21/h1-2,5-6,13,15-16,19,21-22,31H,3-4,7-12,14H2,(H2,26,33)/t16?,19-,21?,22+/m0/s1. The third-order valence-corrected chi connectivity index (χ3v) is 8.76. The number of imidazole rings is 1. The van der Waals surface area contributed by atoms with Crippen LogP contribution in [0, 0.1) is 17.3 Å². The normalized spacial score (nSPS) is 30.0. The molecule has 4 atom stereocenters. The summed E-state index contributed by atoms with van der Waals surface area (Å²) in [6, 6.07) is 8.12. The van der Waals surface area contributed by atoms with E-state index in [4.69, 9.17) is 5.73 Å². The second-order valence-corrected chi connectivity index (χ2v) is 10.3. The van der Waals surface area contributed by atoms with Gasteiger partial charge >= 0.3 is 6.03 Å². The van der Waals surface area contributed by atoms with Gasteiger partial charge in [0.25, 0.3) is 0 Å². The van der Waals surface area contributed by atoms with Gasteiger partial charge in [0.2, 0.25) is 5.91 Å². The molecule has 1 saturated carbocycles. The number of aromatic nitrogens is 2. The fourth-order valence-corrected chi connectivity index (χ4v) is 6.90. The van der Waals surface area contributed by atoms with Crippen LogP contribution in [0.5, 0.6) is 0 Å². The molecule has 3 fully saturated rings. The fourth-order valence-electron chi connectivity index (χ4n) is 6.90. The number of benzene rings is 1. The lowest BCUT2D eigenvalue weighted by Gasteiger charge is -2.58. The van der Waals surface area contributed by atoms with Crippen molar-refractivity contribution in [3.05, 3.63) is 42.4 Å². The van der Waals surface area contributed by atoms with Gasteiger partial charge in [0.15, 0.2) is 0 Å². The van der Waals surface area contributed by atoms with Crippen molar-refractivity contribution in [3.8, 4) is 11.3 Å². The van der Waals surface area contributed by atoms with Crippen LogP contribution in [0.25, 0.3) is 11.3 Å². The smallest absolute Gasteiger partial charge is 0.314 e. The zero-order valence-electron chi connectivity index (χ0n) is 18.8. The lowest BCUT2D eigenvalue weighted by Crippen LogP contribution is -2.60. The van der Waals surface area contributed by atoms with Crippen molar-refractivity contribution in [2.24, 2.45) is 23.0 Å². The number of piperidine rings is 2. The number of carbonyl (C=O) groups is 2. The Morgan fingerprint density at radius 3 is 2.67 bits per heavy atom. The van der Waals surface area contributed by atoms with Crippen LogP contribution in [0.4, 0.5) is 4.79 Å². The molecule has 2 saturated heterocycles. The Kier molecular flexibility index (Phi) is 4.76. The molecule has 3 aliphatic heterocycles. The van der Waals surface area contributed by atoms with Crippen LogP contribution >= 0.6 is 0 Å². The first-order valence-corrected chi connectivity index (χ1v) is 12.1. The predicted molar refractivity (Wildman–Crippen MR) is 122 cm³/mol. The second kappa shape index (κ2) is 7.58. The average Bonchev–Trinajstić information content (AvgIpc) is 3.44. The Morgan fingerprint density at radius 1 is 1.12 bits per heavy atom. The maximum Gasteiger partial charge on any atom is 0.314 e. The summed E-state index contributed by atoms with van der Waals surface area (Å²) in [7, 11) is 0. The summed E-state index contributed by atoms with van der Waals surface area (Å²) < 4.78 is 2.22. The number of aliphatic hydroxyl groups excluding tert-OH is 1. The number of urea groups is 1. The van der Waals surface area contributed by atoms with E-state index < -0.39 is 6.03 Å². The number of hydrogen-bond acceptors (Lipinski definition) is 4. The van der Waals surface area contributed by atoms with Gasteiger partial charge in [0.05, 0.1) is 36.3 Å². The van der Waals surface area contributed by atoms with Crippen molar-refractivity contribution in [1.29, 1.82) is 0 Å². The number of fused-ring (bicyclic) bond motifs is 3. The van der Waals surface area contributed by atoms with Crippen LogP contribution in [0.1, 0.15) is 43.7 Å². The molecule has 0 radical (unpaired) electrons. The van der Waals surface area contributed by atoms with E-state index in [1.807, 2.05) is 17.4 Å². The van der Waals surface area contributed by atoms with Gasteiger partial charge in [-0.3, -0.25) is 4.79 Å². The summed E-state index contributed by atoms with van der Waals surface area (Å²) in [5.74, 6) is 0.134. The van der Waals surface area contributed by atoms with Crippen LogP contribution < -0.4 is 5.73 Å². The third-order valence-electron chi connectivity index (χ3n) is 8.76. The number of aliphatic hydroxyl groups is 1. The summed E-state index contributed by atoms with van der Waals surface area (Å²) in [5, 5.41) is 11.4. The van der Waals surface area contributed by atoms with E-state index in [-0.39, 0.29) is 35.3 Å². The maximum atomic E-state index is 13.1. The van der Waals surface area contributed by atoms with Crippen molar-refractivity contribution in [2.45, 2.75) is 44.2 Å². The second-order valence-electron chi connectivity index (χ2n) is 10.3. The largest absolute Gasteiger partial charge is 0.392 e. The van der Waals surface area contributed by atoms with E-state index in [2.05, 4.69) is 33.8 Å². The molecule has 1 aromatic heterocycles. The van der Waals surface area contributed by atoms with Gasteiger partial charge in [0, 0.05) is 43.1 Å². The van der Waals surface area contributed by atoms with Gasteiger partial charge in [-0.05, 0) is 37.7 Å². The molecule has 33 heavy (non-hydrogen) atoms. The van der Waals surface area contributed by atoms with Crippen LogP contribution in [-0.4, -0.2) is 68.7 Å². The summed E-state index contributed by atoms with van der Waals surface area (Å²) in [6.45, 7) is 2.41. The van der Waals surface area contributed by atoms with Crippen LogP contribution in [0.15, 0.2) is 36.8 Å². The molecule has 174 valence electrons. The number of likely N-dealkylation sites (tertiary alicyclic amines) is 2. The van der Waals surface area contributed by atoms with Crippen molar-refractivity contribution >= 4 is 11.9 Å². The summed E-state index contributed by atoms with van der Waals surface area (Å²) in [6.07, 6.45) is 7.65. The highest BCUT2D eigenvalue weighted by Gasteiger charge is 2.58. The first-order chi connectivity index (χ1) is 16.0. The van der Waals surface area contributed by atoms with Crippen LogP contribution in [-0.2, 0) is 4.79 Å². The highest BCUT2D eigenvalue weighted by molar-refractivity contribution is 5.80. The number of rotatable bonds is 2. The molecule has 2 unspecified atom stereocenters. The van der Waals surface area contributed by atoms with E-state index in [9.17, 15) is 14.7 Å². The molecule has 3 N–H and O–H groups in total. The minimum absolute atomic E-state index is 0.106. The molecule has 8 nitrogen and oxygen atoms in total. The minimum Gasteiger partial charge on any atom is -0.392 e. The zero-order valence-corrected chi connectivity index (χ0v) is 18.8. The van der Waals surface area contributed by atoms with Gasteiger partial charge in [0.1, 0.15) is 0 Å². The Balaban J connectivity index is 1.12. The van der Waals surface area contributed by atoms with Crippen molar-refractivity contribution in [2.75, 3.05) is 26.2 Å². The zero-order chi connectivity index (χ0) is 22.7. The van der Waals surface area contributed by atoms with Gasteiger partial charge in [-0.15, -0.1) is 0 Å². The Hall–Kier alpha value is -2.87. The topological polar surface area (TPSA) is 105 Å². The Morgan fingerprint density at radius 2 is 1.91 bits per heavy atom. The monoisotopic (exact) mass is 449 g/mol. The van der Waals surface area contributed by atoms with Gasteiger partial charge < -0.3 is 25.2 Å². The number of carbonyl (C=O) groups excluding carboxylic acids is 2. The Bertz CT molecular complexity index is 1090. The summed E-state index contributed by atoms with van der Waals surface area (Å²) >= 11 is 0. The third kappa shape index (κ3) is 3.10.